The van der Waals surface area contributed by atoms with Gasteiger partial charge >= 0.3 is 6.18 Å². The van der Waals surface area contributed by atoms with Crippen molar-refractivity contribution in [3.05, 3.63) is 82.9 Å². The van der Waals surface area contributed by atoms with Gasteiger partial charge in [-0.15, -0.1) is 0 Å². The molecule has 0 radical (unpaired) electrons. The third-order valence-electron chi connectivity index (χ3n) is 5.46. The van der Waals surface area contributed by atoms with Gasteiger partial charge in [0.05, 0.1) is 5.56 Å². The van der Waals surface area contributed by atoms with E-state index in [-0.39, 0.29) is 11.5 Å². The van der Waals surface area contributed by atoms with Crippen molar-refractivity contribution in [1.82, 2.24) is 0 Å². The average molecular weight is 438 g/mol. The molecule has 1 aliphatic rings. The predicted octanol–water partition coefficient (Wildman–Crippen LogP) is 6.07. The summed E-state index contributed by atoms with van der Waals surface area (Å²) >= 11 is 0. The fraction of sp³-hybridized carbons (Fsp3) is 0.200. The fourth-order valence-corrected chi connectivity index (χ4v) is 3.95. The number of aryl methyl sites for hydroxylation is 2. The molecule has 0 bridgehead atoms. The highest BCUT2D eigenvalue weighted by Crippen LogP contribution is 2.33. The van der Waals surface area contributed by atoms with Gasteiger partial charge in [-0.2, -0.15) is 13.2 Å². The molecule has 0 saturated carbocycles. The fourth-order valence-electron chi connectivity index (χ4n) is 3.95. The Morgan fingerprint density at radius 3 is 2.16 bits per heavy atom. The largest absolute Gasteiger partial charge is 0.416 e. The molecule has 0 heterocycles. The Morgan fingerprint density at radius 1 is 0.812 bits per heavy atom. The topological polar surface area (TPSA) is 58.2 Å². The first-order chi connectivity index (χ1) is 15.2. The van der Waals surface area contributed by atoms with Crippen molar-refractivity contribution in [3.63, 3.8) is 0 Å². The van der Waals surface area contributed by atoms with E-state index in [1.165, 1.54) is 36.2 Å². The number of fused-ring (bicyclic) bond motifs is 1. The lowest BCUT2D eigenvalue weighted by molar-refractivity contribution is -0.137. The zero-order chi connectivity index (χ0) is 22.9. The molecule has 0 fully saturated rings. The first kappa shape index (κ1) is 21.6. The monoisotopic (exact) mass is 438 g/mol. The third-order valence-corrected chi connectivity index (χ3v) is 5.46. The molecule has 0 unspecified atom stereocenters. The number of hydrogen-bond acceptors (Lipinski definition) is 2. The maximum atomic E-state index is 13.2. The van der Waals surface area contributed by atoms with Gasteiger partial charge in [-0.25, -0.2) is 0 Å². The summed E-state index contributed by atoms with van der Waals surface area (Å²) in [4.78, 5) is 24.6. The molecule has 1 aliphatic carbocycles. The predicted molar refractivity (Wildman–Crippen MR) is 118 cm³/mol. The van der Waals surface area contributed by atoms with E-state index in [1.54, 1.807) is 12.1 Å². The molecule has 0 saturated heterocycles. The first-order valence-corrected chi connectivity index (χ1v) is 10.2. The van der Waals surface area contributed by atoms with Crippen LogP contribution >= 0.6 is 0 Å². The second-order valence-corrected chi connectivity index (χ2v) is 7.81. The van der Waals surface area contributed by atoms with Crippen LogP contribution in [0, 0.1) is 0 Å². The zero-order valence-electron chi connectivity index (χ0n) is 17.3. The summed E-state index contributed by atoms with van der Waals surface area (Å²) in [6, 6.07) is 15.2. The van der Waals surface area contributed by atoms with Crippen molar-refractivity contribution >= 4 is 23.2 Å². The summed E-state index contributed by atoms with van der Waals surface area (Å²) in [6.07, 6.45) is -1.36. The van der Waals surface area contributed by atoms with Crippen LogP contribution in [-0.2, 0) is 23.8 Å². The van der Waals surface area contributed by atoms with E-state index in [0.717, 1.165) is 31.4 Å². The van der Waals surface area contributed by atoms with Crippen LogP contribution in [0.1, 0.15) is 40.4 Å². The standard InChI is InChI=1S/C25H21F3N2O2/c1-15(31)29-21-11-12-22(17-5-8-19(9-6-17)25(26,27)28)23(14-21)24(32)30-20-10-7-16-3-2-4-18(16)13-20/h5-14H,2-4H2,1H3,(H,29,31)(H,30,32). The molecule has 0 aliphatic heterocycles. The smallest absolute Gasteiger partial charge is 0.326 e. The van der Waals surface area contributed by atoms with E-state index in [9.17, 15) is 22.8 Å². The molecule has 4 nitrogen and oxygen atoms in total. The van der Waals surface area contributed by atoms with Crippen molar-refractivity contribution in [1.29, 1.82) is 0 Å². The number of alkyl halides is 3. The number of hydrogen-bond donors (Lipinski definition) is 2. The second-order valence-electron chi connectivity index (χ2n) is 7.81. The number of rotatable bonds is 4. The van der Waals surface area contributed by atoms with E-state index in [1.807, 2.05) is 18.2 Å². The van der Waals surface area contributed by atoms with Crippen molar-refractivity contribution in [2.75, 3.05) is 10.6 Å². The van der Waals surface area contributed by atoms with Gasteiger partial charge in [0.1, 0.15) is 0 Å². The van der Waals surface area contributed by atoms with E-state index >= 15 is 0 Å². The minimum absolute atomic E-state index is 0.247. The zero-order valence-corrected chi connectivity index (χ0v) is 17.3. The van der Waals surface area contributed by atoms with Crippen LogP contribution in [0.25, 0.3) is 11.1 Å². The molecule has 0 spiro atoms. The van der Waals surface area contributed by atoms with Crippen molar-refractivity contribution < 1.29 is 22.8 Å². The van der Waals surface area contributed by atoms with E-state index in [4.69, 9.17) is 0 Å². The van der Waals surface area contributed by atoms with Crippen molar-refractivity contribution in [2.24, 2.45) is 0 Å². The number of benzene rings is 3. The highest BCUT2D eigenvalue weighted by Gasteiger charge is 2.30. The van der Waals surface area contributed by atoms with Gasteiger partial charge in [-0.05, 0) is 77.9 Å². The summed E-state index contributed by atoms with van der Waals surface area (Å²) in [5, 5.41) is 5.52. The summed E-state index contributed by atoms with van der Waals surface area (Å²) in [7, 11) is 0. The third kappa shape index (κ3) is 4.66. The lowest BCUT2D eigenvalue weighted by Gasteiger charge is -2.14. The molecule has 3 aromatic rings. The van der Waals surface area contributed by atoms with Crippen LogP contribution in [0.15, 0.2) is 60.7 Å². The molecular weight excluding hydrogens is 417 g/mol. The highest BCUT2D eigenvalue weighted by atomic mass is 19.4. The van der Waals surface area contributed by atoms with E-state index in [0.29, 0.717) is 22.5 Å². The number of carbonyl (C=O) groups excluding carboxylic acids is 2. The van der Waals surface area contributed by atoms with E-state index < -0.39 is 17.6 Å². The summed E-state index contributed by atoms with van der Waals surface area (Å²) < 4.78 is 38.8. The van der Waals surface area contributed by atoms with Gasteiger partial charge in [-0.1, -0.05) is 24.3 Å². The van der Waals surface area contributed by atoms with Crippen LogP contribution in [-0.4, -0.2) is 11.8 Å². The molecule has 2 amide bonds. The summed E-state index contributed by atoms with van der Waals surface area (Å²) in [6.45, 7) is 1.36. The SMILES string of the molecule is CC(=O)Nc1ccc(-c2ccc(C(F)(F)F)cc2)c(C(=O)Nc2ccc3c(c2)CCC3)c1. The summed E-state index contributed by atoms with van der Waals surface area (Å²) in [5.41, 5.74) is 3.97. The Labute approximate surface area is 183 Å². The number of nitrogens with one attached hydrogen (secondary N) is 2. The molecule has 4 rings (SSSR count). The molecule has 0 aromatic heterocycles. The maximum absolute atomic E-state index is 13.2. The Balaban J connectivity index is 1.69. The number of carbonyl (C=O) groups is 2. The van der Waals surface area contributed by atoms with Crippen LogP contribution in [0.3, 0.4) is 0 Å². The minimum atomic E-state index is -4.44. The molecule has 3 aromatic carbocycles. The molecule has 164 valence electrons. The quantitative estimate of drug-likeness (QED) is 0.519. The number of halogens is 3. The average Bonchev–Trinajstić information content (AvgIpc) is 3.20. The van der Waals surface area contributed by atoms with Crippen LogP contribution in [0.4, 0.5) is 24.5 Å². The van der Waals surface area contributed by atoms with Crippen molar-refractivity contribution in [3.8, 4) is 11.1 Å². The van der Waals surface area contributed by atoms with Crippen molar-refractivity contribution in [2.45, 2.75) is 32.4 Å². The second kappa shape index (κ2) is 8.49. The van der Waals surface area contributed by atoms with Gasteiger partial charge < -0.3 is 10.6 Å². The lowest BCUT2D eigenvalue weighted by Crippen LogP contribution is -2.15. The number of anilines is 2. The molecule has 7 heteroatoms. The van der Waals surface area contributed by atoms with E-state index in [2.05, 4.69) is 10.6 Å². The van der Waals surface area contributed by atoms with Gasteiger partial charge in [0, 0.05) is 23.9 Å². The van der Waals surface area contributed by atoms with Gasteiger partial charge in [-0.3, -0.25) is 9.59 Å². The molecule has 32 heavy (non-hydrogen) atoms. The Hall–Kier alpha value is -3.61. The molecule has 0 atom stereocenters. The molecular formula is C25H21F3N2O2. The van der Waals surface area contributed by atoms with Gasteiger partial charge in [0.25, 0.3) is 5.91 Å². The minimum Gasteiger partial charge on any atom is -0.326 e. The van der Waals surface area contributed by atoms with Gasteiger partial charge in [0.2, 0.25) is 5.91 Å². The Morgan fingerprint density at radius 2 is 1.47 bits per heavy atom. The summed E-state index contributed by atoms with van der Waals surface area (Å²) in [5.74, 6) is -0.706. The van der Waals surface area contributed by atoms with Crippen LogP contribution in [0.2, 0.25) is 0 Å². The van der Waals surface area contributed by atoms with Crippen LogP contribution < -0.4 is 10.6 Å². The first-order valence-electron chi connectivity index (χ1n) is 10.2. The lowest BCUT2D eigenvalue weighted by atomic mass is 9.97. The van der Waals surface area contributed by atoms with Gasteiger partial charge in [0.15, 0.2) is 0 Å². The normalized spacial score (nSPS) is 12.9. The Kier molecular flexibility index (Phi) is 5.74. The van der Waals surface area contributed by atoms with Crippen LogP contribution in [0.5, 0.6) is 0 Å². The number of amides is 2. The highest BCUT2D eigenvalue weighted by molar-refractivity contribution is 6.09. The Bertz CT molecular complexity index is 1180. The molecule has 2 N–H and O–H groups in total. The maximum Gasteiger partial charge on any atom is 0.416 e.